The van der Waals surface area contributed by atoms with E-state index >= 15 is 0 Å². The van der Waals surface area contributed by atoms with Crippen molar-refractivity contribution in [1.82, 2.24) is 14.5 Å². The summed E-state index contributed by atoms with van der Waals surface area (Å²) in [4.78, 5) is 22.4. The standard InChI is InChI=1S/C29H29N3O3/c1-34-27-17-12-23(18-30-27)29-31-26(28(33)22-10-6-3-7-11-22)19-32(29)24-13-15-25(16-14-24)35-20-21-8-4-2-5-9-21/h2,4-5,8-9,12-19,22H,3,6-7,10-11,20H2,1H3. The highest BCUT2D eigenvalue weighted by atomic mass is 16.5. The largest absolute Gasteiger partial charge is 0.489 e. The zero-order valence-electron chi connectivity index (χ0n) is 19.9. The van der Waals surface area contributed by atoms with Gasteiger partial charge in [0, 0.05) is 35.6 Å². The van der Waals surface area contributed by atoms with Crippen LogP contribution in [-0.2, 0) is 6.61 Å². The minimum absolute atomic E-state index is 0.0581. The third-order valence-electron chi connectivity index (χ3n) is 6.50. The third kappa shape index (κ3) is 5.27. The lowest BCUT2D eigenvalue weighted by Crippen LogP contribution is -2.18. The van der Waals surface area contributed by atoms with E-state index in [9.17, 15) is 4.79 Å². The van der Waals surface area contributed by atoms with Crippen LogP contribution in [0.3, 0.4) is 0 Å². The molecule has 0 bridgehead atoms. The van der Waals surface area contributed by atoms with Crippen LogP contribution in [0.2, 0.25) is 0 Å². The molecule has 0 radical (unpaired) electrons. The topological polar surface area (TPSA) is 66.2 Å². The van der Waals surface area contributed by atoms with E-state index in [0.29, 0.717) is 24.0 Å². The van der Waals surface area contributed by atoms with Crippen LogP contribution in [0.15, 0.2) is 79.1 Å². The molecule has 2 aromatic heterocycles. The Bertz CT molecular complexity index is 1260. The van der Waals surface area contributed by atoms with E-state index < -0.39 is 0 Å². The molecule has 178 valence electrons. The van der Waals surface area contributed by atoms with Crippen LogP contribution in [-0.4, -0.2) is 27.4 Å². The lowest BCUT2D eigenvalue weighted by molar-refractivity contribution is 0.0885. The van der Waals surface area contributed by atoms with Crippen LogP contribution < -0.4 is 9.47 Å². The first-order chi connectivity index (χ1) is 17.2. The van der Waals surface area contributed by atoms with Crippen LogP contribution in [0, 0.1) is 5.92 Å². The minimum Gasteiger partial charge on any atom is -0.489 e. The zero-order chi connectivity index (χ0) is 24.0. The number of ketones is 1. The van der Waals surface area contributed by atoms with E-state index in [4.69, 9.17) is 14.5 Å². The molecule has 0 saturated heterocycles. The van der Waals surface area contributed by atoms with Crippen molar-refractivity contribution in [1.29, 1.82) is 0 Å². The molecule has 0 N–H and O–H groups in total. The Balaban J connectivity index is 1.43. The molecular weight excluding hydrogens is 438 g/mol. The van der Waals surface area contributed by atoms with Crippen LogP contribution in [0.25, 0.3) is 17.1 Å². The molecule has 6 heteroatoms. The normalized spacial score (nSPS) is 14.0. The van der Waals surface area contributed by atoms with Gasteiger partial charge in [-0.2, -0.15) is 0 Å². The van der Waals surface area contributed by atoms with E-state index in [1.165, 1.54) is 6.42 Å². The van der Waals surface area contributed by atoms with Gasteiger partial charge in [-0.3, -0.25) is 9.36 Å². The number of hydrogen-bond donors (Lipinski definition) is 0. The summed E-state index contributed by atoms with van der Waals surface area (Å²) in [5.41, 5.74) is 3.34. The molecule has 0 aliphatic heterocycles. The van der Waals surface area contributed by atoms with Crippen molar-refractivity contribution < 1.29 is 14.3 Å². The fourth-order valence-electron chi connectivity index (χ4n) is 4.55. The number of aromatic nitrogens is 3. The predicted molar refractivity (Wildman–Crippen MR) is 135 cm³/mol. The van der Waals surface area contributed by atoms with Gasteiger partial charge < -0.3 is 9.47 Å². The lowest BCUT2D eigenvalue weighted by atomic mass is 9.85. The first-order valence-electron chi connectivity index (χ1n) is 12.1. The van der Waals surface area contributed by atoms with E-state index in [-0.39, 0.29) is 11.7 Å². The van der Waals surface area contributed by atoms with Gasteiger partial charge in [-0.1, -0.05) is 49.6 Å². The number of rotatable bonds is 8. The van der Waals surface area contributed by atoms with Crippen molar-refractivity contribution in [2.75, 3.05) is 7.11 Å². The molecule has 1 aliphatic rings. The lowest BCUT2D eigenvalue weighted by Gasteiger charge is -2.19. The van der Waals surface area contributed by atoms with Gasteiger partial charge in [0.2, 0.25) is 5.88 Å². The number of imidazole rings is 1. The number of Topliss-reactive ketones (excluding diaryl/α,β-unsaturated/α-hetero) is 1. The highest BCUT2D eigenvalue weighted by molar-refractivity contribution is 5.96. The van der Waals surface area contributed by atoms with Crippen LogP contribution >= 0.6 is 0 Å². The molecule has 4 aromatic rings. The molecule has 1 aliphatic carbocycles. The third-order valence-corrected chi connectivity index (χ3v) is 6.50. The average Bonchev–Trinajstić information content (AvgIpc) is 3.38. The van der Waals surface area contributed by atoms with E-state index in [0.717, 1.165) is 48.2 Å². The van der Waals surface area contributed by atoms with Gasteiger partial charge in [0.1, 0.15) is 23.9 Å². The Morgan fingerprint density at radius 3 is 2.43 bits per heavy atom. The van der Waals surface area contributed by atoms with Crippen molar-refractivity contribution in [3.8, 4) is 28.7 Å². The van der Waals surface area contributed by atoms with Crippen molar-refractivity contribution in [3.63, 3.8) is 0 Å². The highest BCUT2D eigenvalue weighted by Gasteiger charge is 2.26. The van der Waals surface area contributed by atoms with Crippen molar-refractivity contribution in [2.45, 2.75) is 38.7 Å². The van der Waals surface area contributed by atoms with Crippen LogP contribution in [0.4, 0.5) is 0 Å². The predicted octanol–water partition coefficient (Wildman–Crippen LogP) is 6.28. The van der Waals surface area contributed by atoms with Gasteiger partial charge in [-0.25, -0.2) is 9.97 Å². The molecule has 0 spiro atoms. The number of ether oxygens (including phenoxy) is 2. The van der Waals surface area contributed by atoms with E-state index in [2.05, 4.69) is 4.98 Å². The molecule has 6 nitrogen and oxygen atoms in total. The second-order valence-corrected chi connectivity index (χ2v) is 8.88. The van der Waals surface area contributed by atoms with Gasteiger partial charge in [0.05, 0.1) is 7.11 Å². The van der Waals surface area contributed by atoms with Crippen molar-refractivity contribution >= 4 is 5.78 Å². The van der Waals surface area contributed by atoms with Crippen molar-refractivity contribution in [3.05, 3.63) is 90.4 Å². The first kappa shape index (κ1) is 22.8. The zero-order valence-corrected chi connectivity index (χ0v) is 19.9. The summed E-state index contributed by atoms with van der Waals surface area (Å²) in [6.07, 6.45) is 8.89. The molecule has 2 aromatic carbocycles. The summed E-state index contributed by atoms with van der Waals surface area (Å²) < 4.78 is 13.1. The summed E-state index contributed by atoms with van der Waals surface area (Å²) in [6, 6.07) is 21.6. The molecule has 0 atom stereocenters. The monoisotopic (exact) mass is 467 g/mol. The van der Waals surface area contributed by atoms with Crippen LogP contribution in [0.5, 0.6) is 11.6 Å². The average molecular weight is 468 g/mol. The first-order valence-corrected chi connectivity index (χ1v) is 12.1. The summed E-state index contributed by atoms with van der Waals surface area (Å²) >= 11 is 0. The number of nitrogens with zero attached hydrogens (tertiary/aromatic N) is 3. The number of carbonyl (C=O) groups is 1. The maximum Gasteiger partial charge on any atom is 0.212 e. The highest BCUT2D eigenvalue weighted by Crippen LogP contribution is 2.30. The molecule has 5 rings (SSSR count). The maximum atomic E-state index is 13.3. The molecule has 35 heavy (non-hydrogen) atoms. The molecule has 1 saturated carbocycles. The number of pyridine rings is 1. The molecule has 0 amide bonds. The number of methoxy groups -OCH3 is 1. The number of hydrogen-bond acceptors (Lipinski definition) is 5. The molecule has 1 fully saturated rings. The summed E-state index contributed by atoms with van der Waals surface area (Å²) in [6.45, 7) is 0.508. The maximum absolute atomic E-state index is 13.3. The Morgan fingerprint density at radius 1 is 0.971 bits per heavy atom. The summed E-state index contributed by atoms with van der Waals surface area (Å²) in [5.74, 6) is 2.18. The second kappa shape index (κ2) is 10.6. The van der Waals surface area contributed by atoms with Crippen LogP contribution in [0.1, 0.15) is 48.2 Å². The van der Waals surface area contributed by atoms with Gasteiger partial charge >= 0.3 is 0 Å². The molecular formula is C29H29N3O3. The SMILES string of the molecule is COc1ccc(-c2nc(C(=O)C3CCCCC3)cn2-c2ccc(OCc3ccccc3)cc2)cn1. The fraction of sp³-hybridized carbons (Fsp3) is 0.276. The molecule has 0 unspecified atom stereocenters. The van der Waals surface area contributed by atoms with Gasteiger partial charge in [0.15, 0.2) is 5.78 Å². The fourth-order valence-corrected chi connectivity index (χ4v) is 4.55. The quantitative estimate of drug-likeness (QED) is 0.285. The summed E-state index contributed by atoms with van der Waals surface area (Å²) in [5, 5.41) is 0. The Kier molecular flexibility index (Phi) is 6.89. The smallest absolute Gasteiger partial charge is 0.212 e. The van der Waals surface area contributed by atoms with Gasteiger partial charge in [-0.15, -0.1) is 0 Å². The van der Waals surface area contributed by atoms with Gasteiger partial charge in [0.25, 0.3) is 0 Å². The van der Waals surface area contributed by atoms with Crippen molar-refractivity contribution in [2.24, 2.45) is 5.92 Å². The second-order valence-electron chi connectivity index (χ2n) is 8.88. The Morgan fingerprint density at radius 2 is 1.74 bits per heavy atom. The number of benzene rings is 2. The Labute approximate surface area is 205 Å². The summed E-state index contributed by atoms with van der Waals surface area (Å²) in [7, 11) is 1.59. The Hall–Kier alpha value is -3.93. The van der Waals surface area contributed by atoms with Gasteiger partial charge in [-0.05, 0) is 48.7 Å². The molecule has 2 heterocycles. The van der Waals surface area contributed by atoms with E-state index in [1.807, 2.05) is 71.4 Å². The van der Waals surface area contributed by atoms with E-state index in [1.54, 1.807) is 19.4 Å². The number of carbonyl (C=O) groups excluding carboxylic acids is 1. The minimum atomic E-state index is 0.0581.